The van der Waals surface area contributed by atoms with Crippen LogP contribution in [0.1, 0.15) is 0 Å². The van der Waals surface area contributed by atoms with Crippen LogP contribution in [0.2, 0.25) is 0 Å². The number of rotatable bonds is 2. The Labute approximate surface area is 130 Å². The number of carboxylic acid groups (broad SMARTS) is 1. The third kappa shape index (κ3) is 6.82. The first-order valence-electron chi connectivity index (χ1n) is 6.51. The van der Waals surface area contributed by atoms with Crippen LogP contribution in [0.3, 0.4) is 0 Å². The van der Waals surface area contributed by atoms with Gasteiger partial charge < -0.3 is 26.8 Å². The predicted octanol–water partition coefficient (Wildman–Crippen LogP) is 0.0294. The van der Waals surface area contributed by atoms with Gasteiger partial charge >= 0.3 is 12.1 Å². The largest absolute Gasteiger partial charge is 0.490 e. The van der Waals surface area contributed by atoms with E-state index < -0.39 is 12.1 Å². The molecule has 0 unspecified atom stereocenters. The van der Waals surface area contributed by atoms with Crippen molar-refractivity contribution in [2.24, 2.45) is 16.5 Å². The SMILES string of the molecule is NC(N)=Nc1ccc(N2CCNCC2)cn1.O=C(O)C(F)(F)F. The lowest BCUT2D eigenvalue weighted by Gasteiger charge is -2.29. The van der Waals surface area contributed by atoms with Crippen LogP contribution in [0.15, 0.2) is 23.3 Å². The maximum Gasteiger partial charge on any atom is 0.490 e. The molecule has 2 rings (SSSR count). The fourth-order valence-electron chi connectivity index (χ4n) is 1.69. The number of aromatic nitrogens is 1. The van der Waals surface area contributed by atoms with E-state index in [1.54, 1.807) is 6.20 Å². The number of nitrogens with zero attached hydrogens (tertiary/aromatic N) is 3. The summed E-state index contributed by atoms with van der Waals surface area (Å²) in [6.45, 7) is 4.03. The highest BCUT2D eigenvalue weighted by Gasteiger charge is 2.38. The second-order valence-corrected chi connectivity index (χ2v) is 4.45. The van der Waals surface area contributed by atoms with Crippen LogP contribution in [-0.2, 0) is 4.79 Å². The Bertz CT molecular complexity index is 537. The summed E-state index contributed by atoms with van der Waals surface area (Å²) in [5.74, 6) is -2.19. The summed E-state index contributed by atoms with van der Waals surface area (Å²) in [7, 11) is 0. The molecule has 0 spiro atoms. The highest BCUT2D eigenvalue weighted by molar-refractivity contribution is 5.78. The molecule has 2 heterocycles. The zero-order valence-corrected chi connectivity index (χ0v) is 12.0. The van der Waals surface area contributed by atoms with Gasteiger partial charge in [0.05, 0.1) is 11.9 Å². The van der Waals surface area contributed by atoms with Gasteiger partial charge in [0.15, 0.2) is 11.8 Å². The molecule has 1 aromatic heterocycles. The van der Waals surface area contributed by atoms with Crippen LogP contribution in [0.25, 0.3) is 0 Å². The van der Waals surface area contributed by atoms with Crippen LogP contribution < -0.4 is 21.7 Å². The van der Waals surface area contributed by atoms with Gasteiger partial charge in [-0.2, -0.15) is 18.2 Å². The molecule has 1 saturated heterocycles. The van der Waals surface area contributed by atoms with Crippen LogP contribution in [-0.4, -0.2) is 54.4 Å². The van der Waals surface area contributed by atoms with E-state index in [4.69, 9.17) is 21.4 Å². The smallest absolute Gasteiger partial charge is 0.475 e. The first kappa shape index (κ1) is 18.5. The molecule has 11 heteroatoms. The molecule has 0 radical (unpaired) electrons. The molecule has 1 aliphatic heterocycles. The van der Waals surface area contributed by atoms with Crippen molar-refractivity contribution in [1.82, 2.24) is 10.3 Å². The van der Waals surface area contributed by atoms with Gasteiger partial charge in [0.1, 0.15) is 0 Å². The molecule has 6 N–H and O–H groups in total. The second kappa shape index (κ2) is 8.17. The van der Waals surface area contributed by atoms with Gasteiger partial charge in [0, 0.05) is 26.2 Å². The lowest BCUT2D eigenvalue weighted by atomic mass is 10.3. The molecule has 1 fully saturated rings. The first-order chi connectivity index (χ1) is 10.7. The van der Waals surface area contributed by atoms with Crippen molar-refractivity contribution in [3.05, 3.63) is 18.3 Å². The summed E-state index contributed by atoms with van der Waals surface area (Å²) in [6, 6.07) is 3.80. The van der Waals surface area contributed by atoms with Crippen molar-refractivity contribution in [3.63, 3.8) is 0 Å². The molecule has 0 aliphatic carbocycles. The predicted molar refractivity (Wildman–Crippen MR) is 78.5 cm³/mol. The zero-order valence-electron chi connectivity index (χ0n) is 12.0. The van der Waals surface area contributed by atoms with Crippen molar-refractivity contribution in [1.29, 1.82) is 0 Å². The Balaban J connectivity index is 0.000000322. The number of halogens is 3. The third-order valence-corrected chi connectivity index (χ3v) is 2.70. The lowest BCUT2D eigenvalue weighted by molar-refractivity contribution is -0.192. The standard InChI is InChI=1S/C10H16N6.C2HF3O2/c11-10(12)15-9-2-1-8(7-14-9)16-5-3-13-4-6-16;3-2(4,5)1(6)7/h1-2,7,13H,3-6H2,(H4,11,12,14,15);(H,6,7). The summed E-state index contributed by atoms with van der Waals surface area (Å²) in [6.07, 6.45) is -3.28. The minimum absolute atomic E-state index is 0.0300. The van der Waals surface area contributed by atoms with Gasteiger partial charge in [0.2, 0.25) is 0 Å². The number of nitrogens with one attached hydrogen (secondary N) is 1. The second-order valence-electron chi connectivity index (χ2n) is 4.45. The number of guanidine groups is 1. The number of alkyl halides is 3. The maximum absolute atomic E-state index is 10.6. The fourth-order valence-corrected chi connectivity index (χ4v) is 1.69. The van der Waals surface area contributed by atoms with E-state index >= 15 is 0 Å². The van der Waals surface area contributed by atoms with Gasteiger partial charge in [-0.25, -0.2) is 9.78 Å². The Hall–Kier alpha value is -2.56. The number of anilines is 1. The monoisotopic (exact) mass is 334 g/mol. The molecular weight excluding hydrogens is 317 g/mol. The highest BCUT2D eigenvalue weighted by Crippen LogP contribution is 2.16. The van der Waals surface area contributed by atoms with E-state index in [1.165, 1.54) is 0 Å². The molecule has 1 aromatic rings. The summed E-state index contributed by atoms with van der Waals surface area (Å²) in [5, 5.41) is 10.4. The fraction of sp³-hybridized carbons (Fsp3) is 0.417. The summed E-state index contributed by atoms with van der Waals surface area (Å²) < 4.78 is 31.7. The van der Waals surface area contributed by atoms with Gasteiger partial charge in [-0.3, -0.25) is 0 Å². The Morgan fingerprint density at radius 3 is 2.26 bits per heavy atom. The van der Waals surface area contributed by atoms with Crippen molar-refractivity contribution >= 4 is 23.4 Å². The number of aliphatic carboxylic acids is 1. The number of piperazine rings is 1. The minimum Gasteiger partial charge on any atom is -0.475 e. The molecule has 8 nitrogen and oxygen atoms in total. The Morgan fingerprint density at radius 2 is 1.87 bits per heavy atom. The Kier molecular flexibility index (Phi) is 6.57. The molecule has 0 amide bonds. The van der Waals surface area contributed by atoms with Gasteiger partial charge in [-0.1, -0.05) is 0 Å². The van der Waals surface area contributed by atoms with Crippen LogP contribution in [0.5, 0.6) is 0 Å². The van der Waals surface area contributed by atoms with E-state index in [0.29, 0.717) is 5.82 Å². The van der Waals surface area contributed by atoms with Gasteiger partial charge in [-0.05, 0) is 12.1 Å². The Morgan fingerprint density at radius 1 is 1.30 bits per heavy atom. The molecule has 1 aliphatic rings. The lowest BCUT2D eigenvalue weighted by Crippen LogP contribution is -2.43. The quantitative estimate of drug-likeness (QED) is 0.443. The van der Waals surface area contributed by atoms with E-state index in [2.05, 4.69) is 20.2 Å². The zero-order chi connectivity index (χ0) is 17.5. The van der Waals surface area contributed by atoms with Crippen LogP contribution in [0.4, 0.5) is 24.7 Å². The highest BCUT2D eigenvalue weighted by atomic mass is 19.4. The van der Waals surface area contributed by atoms with E-state index in [1.807, 2.05) is 12.1 Å². The third-order valence-electron chi connectivity index (χ3n) is 2.70. The average molecular weight is 334 g/mol. The van der Waals surface area contributed by atoms with E-state index in [-0.39, 0.29) is 5.96 Å². The number of pyridine rings is 1. The van der Waals surface area contributed by atoms with Crippen molar-refractivity contribution < 1.29 is 23.1 Å². The van der Waals surface area contributed by atoms with Gasteiger partial charge in [-0.15, -0.1) is 0 Å². The molecule has 128 valence electrons. The summed E-state index contributed by atoms with van der Waals surface area (Å²) in [5.41, 5.74) is 11.7. The van der Waals surface area contributed by atoms with Crippen molar-refractivity contribution in [2.45, 2.75) is 6.18 Å². The van der Waals surface area contributed by atoms with Crippen molar-refractivity contribution in [2.75, 3.05) is 31.1 Å². The van der Waals surface area contributed by atoms with Crippen LogP contribution in [0, 0.1) is 0 Å². The number of aliphatic imine (C=N–C) groups is 1. The number of nitrogens with two attached hydrogens (primary N) is 2. The summed E-state index contributed by atoms with van der Waals surface area (Å²) in [4.78, 5) is 19.2. The molecule has 0 bridgehead atoms. The maximum atomic E-state index is 10.6. The first-order valence-corrected chi connectivity index (χ1v) is 6.51. The normalized spacial score (nSPS) is 14.5. The number of carboxylic acids is 1. The van der Waals surface area contributed by atoms with E-state index in [9.17, 15) is 13.2 Å². The van der Waals surface area contributed by atoms with Crippen molar-refractivity contribution in [3.8, 4) is 0 Å². The topological polar surface area (TPSA) is 130 Å². The minimum atomic E-state index is -5.08. The molecule has 0 saturated carbocycles. The molecule has 23 heavy (non-hydrogen) atoms. The summed E-state index contributed by atoms with van der Waals surface area (Å²) >= 11 is 0. The average Bonchev–Trinajstić information content (AvgIpc) is 2.48. The molecular formula is C12H17F3N6O2. The molecule has 0 aromatic carbocycles. The number of hydrogen-bond donors (Lipinski definition) is 4. The molecule has 0 atom stereocenters. The van der Waals surface area contributed by atoms with Gasteiger partial charge in [0.25, 0.3) is 0 Å². The number of carbonyl (C=O) groups is 1. The van der Waals surface area contributed by atoms with E-state index in [0.717, 1.165) is 31.9 Å². The number of hydrogen-bond acceptors (Lipinski definition) is 5. The van der Waals surface area contributed by atoms with Crippen LogP contribution >= 0.6 is 0 Å².